The van der Waals surface area contributed by atoms with Crippen molar-refractivity contribution in [2.24, 2.45) is 14.1 Å². The van der Waals surface area contributed by atoms with Gasteiger partial charge in [0.05, 0.1) is 11.3 Å². The highest BCUT2D eigenvalue weighted by molar-refractivity contribution is 5.89. The normalized spacial score (nSPS) is 10.4. The molecule has 0 unspecified atom stereocenters. The van der Waals surface area contributed by atoms with Gasteiger partial charge in [-0.15, -0.1) is 0 Å². The predicted octanol–water partition coefficient (Wildman–Crippen LogP) is 2.23. The molecule has 7 nitrogen and oxygen atoms in total. The van der Waals surface area contributed by atoms with Gasteiger partial charge in [0.15, 0.2) is 0 Å². The Morgan fingerprint density at radius 3 is 2.19 bits per heavy atom. The zero-order chi connectivity index (χ0) is 19.4. The second-order valence-electron chi connectivity index (χ2n) is 5.89. The summed E-state index contributed by atoms with van der Waals surface area (Å²) in [5.41, 5.74) is -0.271. The average molecular weight is 366 g/mol. The van der Waals surface area contributed by atoms with Crippen LogP contribution in [0, 0.1) is 0 Å². The fourth-order valence-electron chi connectivity index (χ4n) is 2.42. The van der Waals surface area contributed by atoms with Gasteiger partial charge in [0.2, 0.25) is 0 Å². The number of carbonyl (C=O) groups excluding carboxylic acids is 1. The van der Waals surface area contributed by atoms with Crippen LogP contribution in [0.4, 0.5) is 0 Å². The lowest BCUT2D eigenvalue weighted by Crippen LogP contribution is -2.38. The van der Waals surface area contributed by atoms with Gasteiger partial charge in [-0.3, -0.25) is 13.9 Å². The first-order chi connectivity index (χ1) is 13.0. The fraction of sp³-hybridized carbons (Fsp3) is 0.150. The van der Waals surface area contributed by atoms with Gasteiger partial charge in [-0.1, -0.05) is 18.2 Å². The standard InChI is InChI=1S/C20H18N2O5/c1-21-15(12-18(23)22(2)20(21)25)13-26-19(24)14-8-10-17(11-9-14)27-16-6-4-3-5-7-16/h3-12H,13H2,1-2H3. The van der Waals surface area contributed by atoms with Gasteiger partial charge in [0.25, 0.3) is 5.56 Å². The molecule has 0 bridgehead atoms. The molecule has 0 saturated carbocycles. The molecule has 0 fully saturated rings. The number of hydrogen-bond acceptors (Lipinski definition) is 5. The molecule has 3 rings (SSSR count). The van der Waals surface area contributed by atoms with E-state index < -0.39 is 17.2 Å². The summed E-state index contributed by atoms with van der Waals surface area (Å²) in [4.78, 5) is 35.8. The van der Waals surface area contributed by atoms with E-state index in [2.05, 4.69) is 0 Å². The van der Waals surface area contributed by atoms with Crippen LogP contribution in [0.15, 0.2) is 70.3 Å². The van der Waals surface area contributed by atoms with Crippen LogP contribution in [-0.4, -0.2) is 15.1 Å². The Morgan fingerprint density at radius 1 is 0.889 bits per heavy atom. The molecule has 0 aliphatic carbocycles. The molecule has 0 N–H and O–H groups in total. The molecule has 2 aromatic carbocycles. The minimum atomic E-state index is -0.561. The highest BCUT2D eigenvalue weighted by Gasteiger charge is 2.11. The van der Waals surface area contributed by atoms with Gasteiger partial charge >= 0.3 is 11.7 Å². The topological polar surface area (TPSA) is 79.5 Å². The predicted molar refractivity (Wildman–Crippen MR) is 99.0 cm³/mol. The van der Waals surface area contributed by atoms with Crippen LogP contribution in [0.3, 0.4) is 0 Å². The molecular weight excluding hydrogens is 348 g/mol. The van der Waals surface area contributed by atoms with E-state index in [0.717, 1.165) is 4.57 Å². The first-order valence-corrected chi connectivity index (χ1v) is 8.22. The average Bonchev–Trinajstić information content (AvgIpc) is 2.69. The molecule has 7 heteroatoms. The largest absolute Gasteiger partial charge is 0.457 e. The zero-order valence-electron chi connectivity index (χ0n) is 14.9. The van der Waals surface area contributed by atoms with Crippen molar-refractivity contribution in [3.8, 4) is 11.5 Å². The third-order valence-electron chi connectivity index (χ3n) is 4.05. The van der Waals surface area contributed by atoms with E-state index in [1.54, 1.807) is 24.3 Å². The van der Waals surface area contributed by atoms with Crippen molar-refractivity contribution in [2.45, 2.75) is 6.61 Å². The van der Waals surface area contributed by atoms with Crippen LogP contribution in [-0.2, 0) is 25.4 Å². The van der Waals surface area contributed by atoms with E-state index in [1.807, 2.05) is 30.3 Å². The minimum Gasteiger partial charge on any atom is -0.457 e. The Hall–Kier alpha value is -3.61. The molecule has 1 aromatic heterocycles. The number of aromatic nitrogens is 2. The summed E-state index contributed by atoms with van der Waals surface area (Å²) in [5, 5.41) is 0. The van der Waals surface area contributed by atoms with Crippen molar-refractivity contribution in [3.63, 3.8) is 0 Å². The van der Waals surface area contributed by atoms with Crippen LogP contribution < -0.4 is 16.0 Å². The van der Waals surface area contributed by atoms with E-state index >= 15 is 0 Å². The number of hydrogen-bond donors (Lipinski definition) is 0. The van der Waals surface area contributed by atoms with Crippen LogP contribution in [0.5, 0.6) is 11.5 Å². The number of carbonyl (C=O) groups is 1. The number of ether oxygens (including phenoxy) is 2. The molecule has 1 heterocycles. The molecule has 27 heavy (non-hydrogen) atoms. The number of rotatable bonds is 5. The smallest absolute Gasteiger partial charge is 0.338 e. The third kappa shape index (κ3) is 4.14. The Labute approximate surface area is 155 Å². The van der Waals surface area contributed by atoms with Crippen LogP contribution >= 0.6 is 0 Å². The SMILES string of the molecule is Cn1c(COC(=O)c2ccc(Oc3ccccc3)cc2)cc(=O)n(C)c1=O. The first kappa shape index (κ1) is 18.2. The molecule has 0 atom stereocenters. The van der Waals surface area contributed by atoms with Gasteiger partial charge in [0, 0.05) is 20.2 Å². The molecular formula is C20H18N2O5. The quantitative estimate of drug-likeness (QED) is 0.647. The van der Waals surface area contributed by atoms with E-state index in [9.17, 15) is 14.4 Å². The maximum atomic E-state index is 12.2. The van der Waals surface area contributed by atoms with Crippen molar-refractivity contribution in [3.05, 3.63) is 92.8 Å². The Kier molecular flexibility index (Phi) is 5.21. The highest BCUT2D eigenvalue weighted by Crippen LogP contribution is 2.21. The molecule has 0 saturated heterocycles. The molecule has 0 aliphatic rings. The van der Waals surface area contributed by atoms with Crippen molar-refractivity contribution >= 4 is 5.97 Å². The number of benzene rings is 2. The Balaban J connectivity index is 1.67. The molecule has 0 amide bonds. The number of nitrogens with zero attached hydrogens (tertiary/aromatic N) is 2. The summed E-state index contributed by atoms with van der Waals surface area (Å²) in [6.45, 7) is -0.178. The Morgan fingerprint density at radius 2 is 1.52 bits per heavy atom. The molecule has 0 aliphatic heterocycles. The van der Waals surface area contributed by atoms with Gasteiger partial charge in [0.1, 0.15) is 18.1 Å². The minimum absolute atomic E-state index is 0.178. The van der Waals surface area contributed by atoms with Crippen molar-refractivity contribution in [1.29, 1.82) is 0 Å². The highest BCUT2D eigenvalue weighted by atomic mass is 16.5. The lowest BCUT2D eigenvalue weighted by molar-refractivity contribution is 0.0462. The van der Waals surface area contributed by atoms with Crippen molar-refractivity contribution < 1.29 is 14.3 Å². The van der Waals surface area contributed by atoms with Gasteiger partial charge in [-0.2, -0.15) is 0 Å². The Bertz CT molecular complexity index is 1070. The van der Waals surface area contributed by atoms with Gasteiger partial charge in [-0.25, -0.2) is 9.59 Å². The van der Waals surface area contributed by atoms with Crippen LogP contribution in [0.2, 0.25) is 0 Å². The summed E-state index contributed by atoms with van der Waals surface area (Å²) in [6.07, 6.45) is 0. The summed E-state index contributed by atoms with van der Waals surface area (Å²) < 4.78 is 13.1. The lowest BCUT2D eigenvalue weighted by Gasteiger charge is -2.10. The monoisotopic (exact) mass is 366 g/mol. The number of para-hydroxylation sites is 1. The van der Waals surface area contributed by atoms with E-state index in [0.29, 0.717) is 22.8 Å². The van der Waals surface area contributed by atoms with Gasteiger partial charge in [-0.05, 0) is 36.4 Å². The summed E-state index contributed by atoms with van der Waals surface area (Å²) in [6, 6.07) is 17.1. The summed E-state index contributed by atoms with van der Waals surface area (Å²) in [5.74, 6) is 0.723. The number of esters is 1. The zero-order valence-corrected chi connectivity index (χ0v) is 14.9. The first-order valence-electron chi connectivity index (χ1n) is 8.22. The van der Waals surface area contributed by atoms with Crippen molar-refractivity contribution in [2.75, 3.05) is 0 Å². The van der Waals surface area contributed by atoms with E-state index in [4.69, 9.17) is 9.47 Å². The van der Waals surface area contributed by atoms with Crippen LogP contribution in [0.1, 0.15) is 16.1 Å². The maximum absolute atomic E-state index is 12.2. The molecule has 0 radical (unpaired) electrons. The van der Waals surface area contributed by atoms with E-state index in [-0.39, 0.29) is 6.61 Å². The fourth-order valence-corrected chi connectivity index (χ4v) is 2.42. The van der Waals surface area contributed by atoms with Crippen LogP contribution in [0.25, 0.3) is 0 Å². The van der Waals surface area contributed by atoms with Gasteiger partial charge < -0.3 is 9.47 Å². The molecule has 3 aromatic rings. The summed E-state index contributed by atoms with van der Waals surface area (Å²) in [7, 11) is 2.90. The van der Waals surface area contributed by atoms with E-state index in [1.165, 1.54) is 24.7 Å². The molecule has 138 valence electrons. The van der Waals surface area contributed by atoms with Crippen molar-refractivity contribution in [1.82, 2.24) is 9.13 Å². The lowest BCUT2D eigenvalue weighted by atomic mass is 10.2. The third-order valence-corrected chi connectivity index (χ3v) is 4.05. The summed E-state index contributed by atoms with van der Waals surface area (Å²) >= 11 is 0. The maximum Gasteiger partial charge on any atom is 0.338 e. The second kappa shape index (κ2) is 7.74. The molecule has 0 spiro atoms. The second-order valence-corrected chi connectivity index (χ2v) is 5.89.